The minimum Gasteiger partial charge on any atom is -0.478 e. The van der Waals surface area contributed by atoms with Gasteiger partial charge in [0.25, 0.3) is 0 Å². The number of anilines is 1. The highest BCUT2D eigenvalue weighted by molar-refractivity contribution is 5.94. The molecule has 0 fully saturated rings. The van der Waals surface area contributed by atoms with E-state index in [-0.39, 0.29) is 5.56 Å². The molecule has 2 N–H and O–H groups in total. The zero-order valence-electron chi connectivity index (χ0n) is 13.1. The van der Waals surface area contributed by atoms with Gasteiger partial charge >= 0.3 is 5.97 Å². The van der Waals surface area contributed by atoms with Crippen molar-refractivity contribution in [1.82, 2.24) is 15.0 Å². The zero-order chi connectivity index (χ0) is 16.9. The van der Waals surface area contributed by atoms with Crippen LogP contribution in [0.1, 0.15) is 21.5 Å². The minimum absolute atomic E-state index is 0.0788. The molecule has 0 atom stereocenters. The van der Waals surface area contributed by atoms with Crippen LogP contribution in [0.15, 0.2) is 55.0 Å². The van der Waals surface area contributed by atoms with E-state index in [9.17, 15) is 9.90 Å². The third-order valence-electron chi connectivity index (χ3n) is 3.51. The Kier molecular flexibility index (Phi) is 4.47. The van der Waals surface area contributed by atoms with Crippen molar-refractivity contribution in [2.24, 2.45) is 0 Å². The van der Waals surface area contributed by atoms with Crippen LogP contribution in [0.25, 0.3) is 11.3 Å². The molecule has 0 amide bonds. The predicted molar refractivity (Wildman–Crippen MR) is 90.7 cm³/mol. The molecule has 0 unspecified atom stereocenters. The zero-order valence-corrected chi connectivity index (χ0v) is 13.1. The fourth-order valence-electron chi connectivity index (χ4n) is 2.32. The summed E-state index contributed by atoms with van der Waals surface area (Å²) in [4.78, 5) is 23.9. The van der Waals surface area contributed by atoms with Crippen molar-refractivity contribution >= 4 is 11.9 Å². The third kappa shape index (κ3) is 3.55. The number of nitrogens with one attached hydrogen (secondary N) is 1. The number of hydrogen-bond donors (Lipinski definition) is 2. The second-order valence-electron chi connectivity index (χ2n) is 5.34. The molecule has 0 spiro atoms. The summed E-state index contributed by atoms with van der Waals surface area (Å²) in [5, 5.41) is 12.5. The number of aromatic carboxylic acids is 1. The lowest BCUT2D eigenvalue weighted by Gasteiger charge is -2.10. The number of carbonyl (C=O) groups is 1. The monoisotopic (exact) mass is 320 g/mol. The standard InChI is InChI=1S/C18H16N4O2/c1-12-3-2-4-14(9-12)16-15(17(23)24)11-21-18(22-16)20-10-13-5-7-19-8-6-13/h2-9,11H,10H2,1H3,(H,23,24)(H,20,21,22). The Balaban J connectivity index is 1.92. The first-order chi connectivity index (χ1) is 11.6. The molecule has 0 aliphatic rings. The molecule has 0 aliphatic carbocycles. The van der Waals surface area contributed by atoms with E-state index in [1.807, 2.05) is 43.3 Å². The van der Waals surface area contributed by atoms with Crippen molar-refractivity contribution < 1.29 is 9.90 Å². The van der Waals surface area contributed by atoms with Gasteiger partial charge in [-0.15, -0.1) is 0 Å². The molecule has 0 saturated heterocycles. The number of benzene rings is 1. The second-order valence-corrected chi connectivity index (χ2v) is 5.34. The van der Waals surface area contributed by atoms with Crippen LogP contribution in [0.3, 0.4) is 0 Å². The lowest BCUT2D eigenvalue weighted by Crippen LogP contribution is -2.08. The molecular weight excluding hydrogens is 304 g/mol. The number of pyridine rings is 1. The van der Waals surface area contributed by atoms with Crippen LogP contribution in [0.5, 0.6) is 0 Å². The van der Waals surface area contributed by atoms with Gasteiger partial charge in [-0.1, -0.05) is 23.8 Å². The number of rotatable bonds is 5. The van der Waals surface area contributed by atoms with Crippen molar-refractivity contribution in [3.63, 3.8) is 0 Å². The summed E-state index contributed by atoms with van der Waals surface area (Å²) in [6.45, 7) is 2.48. The molecule has 6 nitrogen and oxygen atoms in total. The molecule has 2 heterocycles. The average molecular weight is 320 g/mol. The lowest BCUT2D eigenvalue weighted by atomic mass is 10.1. The summed E-state index contributed by atoms with van der Waals surface area (Å²) >= 11 is 0. The molecule has 1 aromatic carbocycles. The van der Waals surface area contributed by atoms with E-state index >= 15 is 0 Å². The largest absolute Gasteiger partial charge is 0.478 e. The Morgan fingerprint density at radius 1 is 1.21 bits per heavy atom. The summed E-state index contributed by atoms with van der Waals surface area (Å²) in [7, 11) is 0. The Morgan fingerprint density at radius 2 is 2.00 bits per heavy atom. The highest BCUT2D eigenvalue weighted by Crippen LogP contribution is 2.23. The molecule has 2 aromatic heterocycles. The highest BCUT2D eigenvalue weighted by Gasteiger charge is 2.15. The van der Waals surface area contributed by atoms with E-state index in [0.717, 1.165) is 16.7 Å². The Morgan fingerprint density at radius 3 is 2.71 bits per heavy atom. The fourth-order valence-corrected chi connectivity index (χ4v) is 2.32. The normalized spacial score (nSPS) is 10.4. The number of hydrogen-bond acceptors (Lipinski definition) is 5. The molecule has 120 valence electrons. The van der Waals surface area contributed by atoms with E-state index < -0.39 is 5.97 Å². The maximum atomic E-state index is 11.5. The van der Waals surface area contributed by atoms with Crippen molar-refractivity contribution in [2.45, 2.75) is 13.5 Å². The van der Waals surface area contributed by atoms with Crippen molar-refractivity contribution in [1.29, 1.82) is 0 Å². The summed E-state index contributed by atoms with van der Waals surface area (Å²) in [5.74, 6) is -0.666. The number of carboxylic acids is 1. The van der Waals surface area contributed by atoms with Crippen LogP contribution < -0.4 is 5.32 Å². The topological polar surface area (TPSA) is 88.0 Å². The maximum absolute atomic E-state index is 11.5. The molecule has 6 heteroatoms. The quantitative estimate of drug-likeness (QED) is 0.751. The van der Waals surface area contributed by atoms with Gasteiger partial charge < -0.3 is 10.4 Å². The number of aromatic nitrogens is 3. The van der Waals surface area contributed by atoms with Crippen LogP contribution >= 0.6 is 0 Å². The smallest absolute Gasteiger partial charge is 0.339 e. The van der Waals surface area contributed by atoms with Gasteiger partial charge in [0.15, 0.2) is 0 Å². The molecule has 24 heavy (non-hydrogen) atoms. The lowest BCUT2D eigenvalue weighted by molar-refractivity contribution is 0.0697. The summed E-state index contributed by atoms with van der Waals surface area (Å²) < 4.78 is 0. The van der Waals surface area contributed by atoms with Gasteiger partial charge in [-0.05, 0) is 30.7 Å². The van der Waals surface area contributed by atoms with Crippen molar-refractivity contribution in [3.8, 4) is 11.3 Å². The number of carboxylic acid groups (broad SMARTS) is 1. The van der Waals surface area contributed by atoms with E-state index in [1.54, 1.807) is 12.4 Å². The van der Waals surface area contributed by atoms with Gasteiger partial charge in [-0.3, -0.25) is 4.98 Å². The predicted octanol–water partition coefficient (Wildman–Crippen LogP) is 3.16. The Bertz CT molecular complexity index is 866. The van der Waals surface area contributed by atoms with Gasteiger partial charge in [-0.2, -0.15) is 0 Å². The molecular formula is C18H16N4O2. The average Bonchev–Trinajstić information content (AvgIpc) is 2.60. The molecule has 3 aromatic rings. The van der Waals surface area contributed by atoms with Gasteiger partial charge in [0, 0.05) is 30.7 Å². The van der Waals surface area contributed by atoms with Gasteiger partial charge in [0.1, 0.15) is 5.56 Å². The first kappa shape index (κ1) is 15.6. The SMILES string of the molecule is Cc1cccc(-c2nc(NCc3ccncc3)ncc2C(=O)O)c1. The van der Waals surface area contributed by atoms with Crippen LogP contribution in [-0.2, 0) is 6.54 Å². The first-order valence-electron chi connectivity index (χ1n) is 7.43. The number of aryl methyl sites for hydroxylation is 1. The van der Waals surface area contributed by atoms with Gasteiger partial charge in [-0.25, -0.2) is 14.8 Å². The molecule has 0 bridgehead atoms. The minimum atomic E-state index is -1.05. The molecule has 0 saturated carbocycles. The van der Waals surface area contributed by atoms with E-state index in [1.165, 1.54) is 6.20 Å². The summed E-state index contributed by atoms with van der Waals surface area (Å²) in [6, 6.07) is 11.4. The van der Waals surface area contributed by atoms with E-state index in [4.69, 9.17) is 0 Å². The van der Waals surface area contributed by atoms with Gasteiger partial charge in [0.2, 0.25) is 5.95 Å². The third-order valence-corrected chi connectivity index (χ3v) is 3.51. The Hall–Kier alpha value is -3.28. The van der Waals surface area contributed by atoms with Crippen molar-refractivity contribution in [2.75, 3.05) is 5.32 Å². The summed E-state index contributed by atoms with van der Waals surface area (Å²) in [6.07, 6.45) is 4.76. The molecule has 0 radical (unpaired) electrons. The molecule has 0 aliphatic heterocycles. The van der Waals surface area contributed by atoms with Crippen LogP contribution in [0.2, 0.25) is 0 Å². The van der Waals surface area contributed by atoms with Crippen LogP contribution in [0.4, 0.5) is 5.95 Å². The van der Waals surface area contributed by atoms with Crippen LogP contribution in [0, 0.1) is 6.92 Å². The highest BCUT2D eigenvalue weighted by atomic mass is 16.4. The van der Waals surface area contributed by atoms with Crippen molar-refractivity contribution in [3.05, 3.63) is 71.7 Å². The van der Waals surface area contributed by atoms with E-state index in [0.29, 0.717) is 18.2 Å². The van der Waals surface area contributed by atoms with Crippen LogP contribution in [-0.4, -0.2) is 26.0 Å². The van der Waals surface area contributed by atoms with E-state index in [2.05, 4.69) is 20.3 Å². The second kappa shape index (κ2) is 6.87. The maximum Gasteiger partial charge on any atom is 0.339 e. The first-order valence-corrected chi connectivity index (χ1v) is 7.43. The van der Waals surface area contributed by atoms with Gasteiger partial charge in [0.05, 0.1) is 5.69 Å². The Labute approximate surface area is 139 Å². The number of nitrogens with zero attached hydrogens (tertiary/aromatic N) is 3. The fraction of sp³-hybridized carbons (Fsp3) is 0.111. The molecule has 3 rings (SSSR count). The summed E-state index contributed by atoms with van der Waals surface area (Å²) in [5.41, 5.74) is 3.30.